The van der Waals surface area contributed by atoms with E-state index in [-0.39, 0.29) is 47.6 Å². The van der Waals surface area contributed by atoms with E-state index in [0.717, 1.165) is 0 Å². The van der Waals surface area contributed by atoms with Gasteiger partial charge in [-0.3, -0.25) is 0 Å². The molecular weight excluding hydrogens is 446 g/mol. The van der Waals surface area contributed by atoms with E-state index in [1.807, 2.05) is 0 Å². The number of aromatic nitrogens is 2. The summed E-state index contributed by atoms with van der Waals surface area (Å²) in [6.07, 6.45) is -4.69. The molecule has 1 heterocycles. The highest BCUT2D eigenvalue weighted by atomic mass is 35.5. The summed E-state index contributed by atoms with van der Waals surface area (Å²) < 4.78 is 44.3. The molecule has 1 aromatic heterocycles. The van der Waals surface area contributed by atoms with Gasteiger partial charge in [-0.05, 0) is 18.2 Å². The van der Waals surface area contributed by atoms with Crippen LogP contribution in [0.15, 0.2) is 18.2 Å². The SMILES string of the molecule is FC(F)(F)c1nc2c(Oc3c(Cl)cc(Cl)cc3Cl)c(Cl)c(Cl)cc2[nH]1. The Morgan fingerprint density at radius 3 is 2.04 bits per heavy atom. The van der Waals surface area contributed by atoms with Crippen LogP contribution < -0.4 is 4.74 Å². The molecule has 0 unspecified atom stereocenters. The second kappa shape index (κ2) is 6.59. The molecule has 11 heteroatoms. The summed E-state index contributed by atoms with van der Waals surface area (Å²) in [4.78, 5) is 5.62. The Bertz CT molecular complexity index is 964. The van der Waals surface area contributed by atoms with Crippen molar-refractivity contribution in [3.63, 3.8) is 0 Å². The summed E-state index contributed by atoms with van der Waals surface area (Å²) in [6, 6.07) is 3.91. The van der Waals surface area contributed by atoms with E-state index < -0.39 is 12.0 Å². The van der Waals surface area contributed by atoms with Crippen LogP contribution in [0.5, 0.6) is 11.5 Å². The molecule has 25 heavy (non-hydrogen) atoms. The minimum atomic E-state index is -4.69. The third kappa shape index (κ3) is 3.59. The first kappa shape index (κ1) is 18.7. The first-order chi connectivity index (χ1) is 11.6. The van der Waals surface area contributed by atoms with Gasteiger partial charge >= 0.3 is 6.18 Å². The molecule has 0 spiro atoms. The average molecular weight is 450 g/mol. The van der Waals surface area contributed by atoms with Gasteiger partial charge in [0.25, 0.3) is 0 Å². The maximum Gasteiger partial charge on any atom is 0.449 e. The summed E-state index contributed by atoms with van der Waals surface area (Å²) >= 11 is 29.9. The maximum absolute atomic E-state index is 12.9. The molecule has 0 fully saturated rings. The van der Waals surface area contributed by atoms with Crippen LogP contribution in [0.1, 0.15) is 5.82 Å². The third-order valence-electron chi connectivity index (χ3n) is 3.06. The normalized spacial score (nSPS) is 12.0. The number of fused-ring (bicyclic) bond motifs is 1. The molecule has 0 saturated heterocycles. The summed E-state index contributed by atoms with van der Waals surface area (Å²) in [5, 5.41) is 0.143. The molecule has 132 valence electrons. The molecule has 0 aliphatic rings. The highest BCUT2D eigenvalue weighted by Gasteiger charge is 2.35. The van der Waals surface area contributed by atoms with Crippen LogP contribution in [0.25, 0.3) is 11.0 Å². The fraction of sp³-hybridized carbons (Fsp3) is 0.0714. The van der Waals surface area contributed by atoms with Gasteiger partial charge in [-0.2, -0.15) is 13.2 Å². The minimum Gasteiger partial charge on any atom is -0.450 e. The molecule has 1 N–H and O–H groups in total. The first-order valence-corrected chi connectivity index (χ1v) is 8.24. The number of aromatic amines is 1. The van der Waals surface area contributed by atoms with Crippen molar-refractivity contribution in [2.45, 2.75) is 6.18 Å². The van der Waals surface area contributed by atoms with Crippen molar-refractivity contribution in [3.05, 3.63) is 49.1 Å². The number of benzene rings is 2. The Hall–Kier alpha value is -1.05. The standard InChI is InChI=1S/C14H4Cl5F3N2O/c15-4-1-6(17)11(7(18)2-4)25-12-9(19)5(16)3-8-10(12)24-13(23-8)14(20,21)22/h1-3H,(H,23,24). The average Bonchev–Trinajstić information content (AvgIpc) is 2.89. The highest BCUT2D eigenvalue weighted by Crippen LogP contribution is 2.45. The Kier molecular flexibility index (Phi) is 4.94. The predicted molar refractivity (Wildman–Crippen MR) is 92.7 cm³/mol. The fourth-order valence-electron chi connectivity index (χ4n) is 2.02. The summed E-state index contributed by atoms with van der Waals surface area (Å²) in [6.45, 7) is 0. The van der Waals surface area contributed by atoms with E-state index in [4.69, 9.17) is 62.7 Å². The largest absolute Gasteiger partial charge is 0.450 e. The number of hydrogen-bond donors (Lipinski definition) is 1. The minimum absolute atomic E-state index is 0.0158. The van der Waals surface area contributed by atoms with Gasteiger partial charge in [0.1, 0.15) is 10.5 Å². The van der Waals surface area contributed by atoms with Gasteiger partial charge in [0.05, 0.1) is 20.6 Å². The Morgan fingerprint density at radius 2 is 1.48 bits per heavy atom. The van der Waals surface area contributed by atoms with Crippen LogP contribution in [0, 0.1) is 0 Å². The lowest BCUT2D eigenvalue weighted by Gasteiger charge is -2.12. The lowest BCUT2D eigenvalue weighted by Crippen LogP contribution is -2.06. The molecule has 0 aliphatic heterocycles. The van der Waals surface area contributed by atoms with Crippen LogP contribution in [0.4, 0.5) is 13.2 Å². The van der Waals surface area contributed by atoms with Crippen molar-refractivity contribution in [2.24, 2.45) is 0 Å². The van der Waals surface area contributed by atoms with Crippen molar-refractivity contribution < 1.29 is 17.9 Å². The van der Waals surface area contributed by atoms with Gasteiger partial charge in [0.2, 0.25) is 5.82 Å². The summed E-state index contributed by atoms with van der Waals surface area (Å²) in [7, 11) is 0. The van der Waals surface area contributed by atoms with Gasteiger partial charge in [-0.15, -0.1) is 0 Å². The molecule has 0 saturated carbocycles. The van der Waals surface area contributed by atoms with Crippen LogP contribution in [-0.4, -0.2) is 9.97 Å². The molecule has 0 atom stereocenters. The van der Waals surface area contributed by atoms with E-state index in [1.165, 1.54) is 18.2 Å². The van der Waals surface area contributed by atoms with Crippen LogP contribution >= 0.6 is 58.0 Å². The lowest BCUT2D eigenvalue weighted by molar-refractivity contribution is -0.144. The maximum atomic E-state index is 12.9. The van der Waals surface area contributed by atoms with Crippen molar-refractivity contribution >= 4 is 69.0 Å². The van der Waals surface area contributed by atoms with Gasteiger partial charge in [0.15, 0.2) is 11.5 Å². The topological polar surface area (TPSA) is 37.9 Å². The second-order valence-electron chi connectivity index (χ2n) is 4.78. The molecule has 3 aromatic rings. The number of ether oxygens (including phenoxy) is 1. The predicted octanol–water partition coefficient (Wildman–Crippen LogP) is 7.64. The number of rotatable bonds is 2. The highest BCUT2D eigenvalue weighted by molar-refractivity contribution is 6.44. The van der Waals surface area contributed by atoms with E-state index in [2.05, 4.69) is 9.97 Å². The molecular formula is C14H4Cl5F3N2O. The van der Waals surface area contributed by atoms with E-state index >= 15 is 0 Å². The summed E-state index contributed by atoms with van der Waals surface area (Å²) in [5.41, 5.74) is -0.193. The number of nitrogens with zero attached hydrogens (tertiary/aromatic N) is 1. The molecule has 0 bridgehead atoms. The molecule has 0 amide bonds. The Labute approximate surface area is 163 Å². The van der Waals surface area contributed by atoms with Crippen molar-refractivity contribution in [3.8, 4) is 11.5 Å². The Balaban J connectivity index is 2.22. The molecule has 3 nitrogen and oxygen atoms in total. The smallest absolute Gasteiger partial charge is 0.449 e. The van der Waals surface area contributed by atoms with E-state index in [1.54, 1.807) is 0 Å². The van der Waals surface area contributed by atoms with Crippen LogP contribution in [-0.2, 0) is 6.18 Å². The van der Waals surface area contributed by atoms with Crippen LogP contribution in [0.3, 0.4) is 0 Å². The number of hydrogen-bond acceptors (Lipinski definition) is 2. The third-order valence-corrected chi connectivity index (χ3v) is 4.61. The number of H-pyrrole nitrogens is 1. The van der Waals surface area contributed by atoms with Crippen LogP contribution in [0.2, 0.25) is 25.1 Å². The zero-order chi connectivity index (χ0) is 18.5. The molecule has 2 aromatic carbocycles. The fourth-order valence-corrected chi connectivity index (χ4v) is 3.29. The summed E-state index contributed by atoms with van der Waals surface area (Å²) in [5.74, 6) is -1.49. The molecule has 0 radical (unpaired) electrons. The Morgan fingerprint density at radius 1 is 0.880 bits per heavy atom. The van der Waals surface area contributed by atoms with Crippen molar-refractivity contribution in [2.75, 3.05) is 0 Å². The number of alkyl halides is 3. The second-order valence-corrected chi connectivity index (χ2v) is 6.82. The monoisotopic (exact) mass is 448 g/mol. The quantitative estimate of drug-likeness (QED) is 0.436. The molecule has 3 rings (SSSR count). The number of nitrogens with one attached hydrogen (secondary N) is 1. The van der Waals surface area contributed by atoms with Gasteiger partial charge in [-0.25, -0.2) is 4.98 Å². The molecule has 0 aliphatic carbocycles. The zero-order valence-electron chi connectivity index (χ0n) is 11.6. The first-order valence-electron chi connectivity index (χ1n) is 6.35. The van der Waals surface area contributed by atoms with Crippen molar-refractivity contribution in [1.29, 1.82) is 0 Å². The van der Waals surface area contributed by atoms with Gasteiger partial charge in [0, 0.05) is 5.02 Å². The van der Waals surface area contributed by atoms with Gasteiger partial charge < -0.3 is 9.72 Å². The van der Waals surface area contributed by atoms with Crippen molar-refractivity contribution in [1.82, 2.24) is 9.97 Å². The zero-order valence-corrected chi connectivity index (χ0v) is 15.4. The number of imidazole rings is 1. The van der Waals surface area contributed by atoms with Gasteiger partial charge in [-0.1, -0.05) is 58.0 Å². The number of halogens is 8. The van der Waals surface area contributed by atoms with E-state index in [0.29, 0.717) is 0 Å². The van der Waals surface area contributed by atoms with E-state index in [9.17, 15) is 13.2 Å². The lowest BCUT2D eigenvalue weighted by atomic mass is 10.3.